The van der Waals surface area contributed by atoms with Crippen LogP contribution in [0.5, 0.6) is 0 Å². The van der Waals surface area contributed by atoms with Crippen LogP contribution in [-0.4, -0.2) is 16.5 Å². The highest BCUT2D eigenvalue weighted by atomic mass is 19.1. The number of rotatable bonds is 3. The van der Waals surface area contributed by atoms with Crippen molar-refractivity contribution in [2.45, 2.75) is 32.4 Å². The first-order valence-electron chi connectivity index (χ1n) is 9.49. The molecule has 1 atom stereocenters. The highest BCUT2D eigenvalue weighted by molar-refractivity contribution is 6.07. The Morgan fingerprint density at radius 3 is 2.66 bits per heavy atom. The fourth-order valence-corrected chi connectivity index (χ4v) is 3.78. The third kappa shape index (κ3) is 3.83. The van der Waals surface area contributed by atoms with Crippen molar-refractivity contribution in [3.05, 3.63) is 99.5 Å². The van der Waals surface area contributed by atoms with Gasteiger partial charge in [-0.15, -0.1) is 0 Å². The van der Waals surface area contributed by atoms with E-state index in [0.29, 0.717) is 23.2 Å². The molecule has 4 nitrogen and oxygen atoms in total. The summed E-state index contributed by atoms with van der Waals surface area (Å²) in [4.78, 5) is 27.2. The molecule has 6 heteroatoms. The van der Waals surface area contributed by atoms with Gasteiger partial charge in [0.1, 0.15) is 11.6 Å². The van der Waals surface area contributed by atoms with E-state index in [4.69, 9.17) is 0 Å². The van der Waals surface area contributed by atoms with Crippen LogP contribution in [0.4, 0.5) is 14.5 Å². The molecule has 29 heavy (non-hydrogen) atoms. The normalized spacial score (nSPS) is 15.8. The molecule has 1 aliphatic rings. The van der Waals surface area contributed by atoms with Crippen LogP contribution in [0, 0.1) is 11.6 Å². The first kappa shape index (κ1) is 19.1. The summed E-state index contributed by atoms with van der Waals surface area (Å²) < 4.78 is 28.5. The van der Waals surface area contributed by atoms with Crippen molar-refractivity contribution >= 4 is 11.6 Å². The standard InChI is InChI=1S/C23H20F2N2O2/c1-15-5-6-17-12-20(25)8-9-21(17)27(15)23(29)18-7-10-22(28)26(14-18)13-16-3-2-4-19(24)11-16/h2-4,7-12,14-15H,5-6,13H2,1H3/t15-/m1/s1. The zero-order valence-corrected chi connectivity index (χ0v) is 15.9. The Morgan fingerprint density at radius 2 is 1.86 bits per heavy atom. The second-order valence-electron chi connectivity index (χ2n) is 7.35. The minimum absolute atomic E-state index is 0.0518. The number of carbonyl (C=O) groups is 1. The zero-order chi connectivity index (χ0) is 20.5. The molecule has 0 fully saturated rings. The molecule has 148 valence electrons. The smallest absolute Gasteiger partial charge is 0.260 e. The molecule has 0 aliphatic carbocycles. The van der Waals surface area contributed by atoms with Gasteiger partial charge in [0.2, 0.25) is 0 Å². The minimum Gasteiger partial charge on any atom is -0.310 e. The minimum atomic E-state index is -0.381. The lowest BCUT2D eigenvalue weighted by atomic mass is 9.95. The maximum absolute atomic E-state index is 13.6. The molecule has 1 aromatic heterocycles. The number of benzene rings is 2. The van der Waals surface area contributed by atoms with E-state index in [2.05, 4.69) is 0 Å². The van der Waals surface area contributed by atoms with Crippen LogP contribution in [0.15, 0.2) is 65.6 Å². The molecule has 0 unspecified atom stereocenters. The van der Waals surface area contributed by atoms with Crippen molar-refractivity contribution in [2.24, 2.45) is 0 Å². The Labute approximate surface area is 167 Å². The highest BCUT2D eigenvalue weighted by Crippen LogP contribution is 2.32. The van der Waals surface area contributed by atoms with E-state index in [-0.39, 0.29) is 35.7 Å². The van der Waals surface area contributed by atoms with Crippen LogP contribution >= 0.6 is 0 Å². The van der Waals surface area contributed by atoms with Gasteiger partial charge in [-0.3, -0.25) is 9.59 Å². The average Bonchev–Trinajstić information content (AvgIpc) is 2.69. The summed E-state index contributed by atoms with van der Waals surface area (Å²) in [5, 5.41) is 0. The van der Waals surface area contributed by atoms with E-state index >= 15 is 0 Å². The number of anilines is 1. The van der Waals surface area contributed by atoms with E-state index in [9.17, 15) is 18.4 Å². The fraction of sp³-hybridized carbons (Fsp3) is 0.217. The predicted molar refractivity (Wildman–Crippen MR) is 107 cm³/mol. The predicted octanol–water partition coefficient (Wildman–Crippen LogP) is 4.16. The number of hydrogen-bond acceptors (Lipinski definition) is 2. The molecule has 0 radical (unpaired) electrons. The van der Waals surface area contributed by atoms with Gasteiger partial charge < -0.3 is 9.47 Å². The number of hydrogen-bond donors (Lipinski definition) is 0. The molecular formula is C23H20F2N2O2. The van der Waals surface area contributed by atoms with Gasteiger partial charge in [0.05, 0.1) is 12.1 Å². The molecule has 0 bridgehead atoms. The maximum atomic E-state index is 13.6. The molecule has 0 N–H and O–H groups in total. The topological polar surface area (TPSA) is 42.3 Å². The molecule has 1 aliphatic heterocycles. The molecule has 4 rings (SSSR count). The maximum Gasteiger partial charge on any atom is 0.260 e. The molecule has 0 saturated carbocycles. The van der Waals surface area contributed by atoms with Gasteiger partial charge in [-0.1, -0.05) is 12.1 Å². The van der Waals surface area contributed by atoms with E-state index in [0.717, 1.165) is 12.0 Å². The van der Waals surface area contributed by atoms with Crippen molar-refractivity contribution in [1.82, 2.24) is 4.57 Å². The van der Waals surface area contributed by atoms with Crippen molar-refractivity contribution < 1.29 is 13.6 Å². The molecule has 0 spiro atoms. The number of halogens is 2. The Morgan fingerprint density at radius 1 is 1.07 bits per heavy atom. The fourth-order valence-electron chi connectivity index (χ4n) is 3.78. The lowest BCUT2D eigenvalue weighted by Crippen LogP contribution is -2.42. The third-order valence-corrected chi connectivity index (χ3v) is 5.26. The molecule has 3 aromatic rings. The first-order valence-corrected chi connectivity index (χ1v) is 9.49. The average molecular weight is 394 g/mol. The van der Waals surface area contributed by atoms with Gasteiger partial charge in [-0.2, -0.15) is 0 Å². The molecule has 0 saturated heterocycles. The number of aryl methyl sites for hydroxylation is 1. The van der Waals surface area contributed by atoms with Gasteiger partial charge in [0.15, 0.2) is 0 Å². The van der Waals surface area contributed by atoms with Crippen molar-refractivity contribution in [3.8, 4) is 0 Å². The number of amides is 1. The summed E-state index contributed by atoms with van der Waals surface area (Å²) in [6.07, 6.45) is 2.93. The van der Waals surface area contributed by atoms with Crippen molar-refractivity contribution in [3.63, 3.8) is 0 Å². The lowest BCUT2D eigenvalue weighted by molar-refractivity contribution is 0.0974. The van der Waals surface area contributed by atoms with Gasteiger partial charge in [0.25, 0.3) is 11.5 Å². The van der Waals surface area contributed by atoms with Gasteiger partial charge in [0, 0.05) is 24.0 Å². The lowest BCUT2D eigenvalue weighted by Gasteiger charge is -2.35. The quantitative estimate of drug-likeness (QED) is 0.670. The number of aromatic nitrogens is 1. The number of pyridine rings is 1. The van der Waals surface area contributed by atoms with Crippen LogP contribution in [0.25, 0.3) is 0 Å². The number of fused-ring (bicyclic) bond motifs is 1. The van der Waals surface area contributed by atoms with E-state index in [1.807, 2.05) is 6.92 Å². The van der Waals surface area contributed by atoms with E-state index in [1.54, 1.807) is 23.1 Å². The monoisotopic (exact) mass is 394 g/mol. The highest BCUT2D eigenvalue weighted by Gasteiger charge is 2.29. The summed E-state index contributed by atoms with van der Waals surface area (Å²) >= 11 is 0. The van der Waals surface area contributed by atoms with Crippen LogP contribution in [0.3, 0.4) is 0 Å². The van der Waals surface area contributed by atoms with E-state index in [1.165, 1.54) is 47.2 Å². The van der Waals surface area contributed by atoms with Gasteiger partial charge >= 0.3 is 0 Å². The van der Waals surface area contributed by atoms with E-state index < -0.39 is 0 Å². The first-order chi connectivity index (χ1) is 13.9. The van der Waals surface area contributed by atoms with Crippen LogP contribution in [-0.2, 0) is 13.0 Å². The molecular weight excluding hydrogens is 374 g/mol. The summed E-state index contributed by atoms with van der Waals surface area (Å²) in [6.45, 7) is 2.11. The zero-order valence-electron chi connectivity index (χ0n) is 15.9. The Balaban J connectivity index is 1.68. The second kappa shape index (κ2) is 7.62. The Hall–Kier alpha value is -3.28. The molecule has 2 heterocycles. The summed E-state index contributed by atoms with van der Waals surface area (Å²) in [5.41, 5.74) is 2.19. The largest absolute Gasteiger partial charge is 0.310 e. The number of carbonyl (C=O) groups excluding carboxylic acids is 1. The van der Waals surface area contributed by atoms with Crippen molar-refractivity contribution in [1.29, 1.82) is 0 Å². The van der Waals surface area contributed by atoms with Gasteiger partial charge in [-0.05, 0) is 67.3 Å². The summed E-state index contributed by atoms with van der Waals surface area (Å²) in [7, 11) is 0. The van der Waals surface area contributed by atoms with Crippen LogP contribution in [0.1, 0.15) is 34.8 Å². The Bertz CT molecular complexity index is 1140. The molecule has 1 amide bonds. The summed E-state index contributed by atoms with van der Waals surface area (Å²) in [5.74, 6) is -0.957. The van der Waals surface area contributed by atoms with Gasteiger partial charge in [-0.25, -0.2) is 8.78 Å². The van der Waals surface area contributed by atoms with Crippen molar-refractivity contribution in [2.75, 3.05) is 4.90 Å². The molecule has 2 aromatic carbocycles. The number of nitrogens with zero attached hydrogens (tertiary/aromatic N) is 2. The van der Waals surface area contributed by atoms with Crippen LogP contribution < -0.4 is 10.5 Å². The third-order valence-electron chi connectivity index (χ3n) is 5.26. The summed E-state index contributed by atoms with van der Waals surface area (Å²) in [6, 6.07) is 13.2. The SMILES string of the molecule is C[C@@H]1CCc2cc(F)ccc2N1C(=O)c1ccc(=O)n(Cc2cccc(F)c2)c1. The second-order valence-corrected chi connectivity index (χ2v) is 7.35. The Kier molecular flexibility index (Phi) is 5.01. The van der Waals surface area contributed by atoms with Crippen LogP contribution in [0.2, 0.25) is 0 Å².